The van der Waals surface area contributed by atoms with Gasteiger partial charge in [-0.1, -0.05) is 52.7 Å². The second-order valence-electron chi connectivity index (χ2n) is 6.90. The Morgan fingerprint density at radius 2 is 1.62 bits per heavy atom. The van der Waals surface area contributed by atoms with Crippen LogP contribution in [0.2, 0.25) is 0 Å². The van der Waals surface area contributed by atoms with Gasteiger partial charge >= 0.3 is 0 Å². The van der Waals surface area contributed by atoms with Crippen LogP contribution in [0.15, 0.2) is 24.3 Å². The number of nitrogens with zero attached hydrogens (tertiary/aromatic N) is 1. The maximum absolute atomic E-state index is 3.47. The number of nitrogens with one attached hydrogen (secondary N) is 1. The lowest BCUT2D eigenvalue weighted by atomic mass is 9.74. The summed E-state index contributed by atoms with van der Waals surface area (Å²) in [4.78, 5) is 2.56. The quantitative estimate of drug-likeness (QED) is 0.823. The van der Waals surface area contributed by atoms with E-state index in [-0.39, 0.29) is 0 Å². The molecular weight excluding hydrogens is 256 g/mol. The zero-order chi connectivity index (χ0) is 15.3. The summed E-state index contributed by atoms with van der Waals surface area (Å²) in [6.45, 7) is 12.5. The third-order valence-corrected chi connectivity index (χ3v) is 5.34. The molecule has 118 valence electrons. The van der Waals surface area contributed by atoms with Crippen LogP contribution in [0.1, 0.15) is 58.9 Å². The molecule has 0 bridgehead atoms. The normalized spacial score (nSPS) is 18.2. The Bertz CT molecular complexity index is 408. The van der Waals surface area contributed by atoms with Crippen molar-refractivity contribution in [1.82, 2.24) is 5.32 Å². The molecule has 0 unspecified atom stereocenters. The van der Waals surface area contributed by atoms with Gasteiger partial charge in [-0.15, -0.1) is 0 Å². The monoisotopic (exact) mass is 288 g/mol. The van der Waals surface area contributed by atoms with Crippen molar-refractivity contribution < 1.29 is 0 Å². The van der Waals surface area contributed by atoms with E-state index < -0.39 is 0 Å². The van der Waals surface area contributed by atoms with E-state index in [0.29, 0.717) is 11.5 Å². The van der Waals surface area contributed by atoms with Gasteiger partial charge in [0.25, 0.3) is 0 Å². The van der Waals surface area contributed by atoms with Crippen molar-refractivity contribution in [2.45, 2.75) is 66.0 Å². The first-order chi connectivity index (χ1) is 10.1. The topological polar surface area (TPSA) is 15.3 Å². The summed E-state index contributed by atoms with van der Waals surface area (Å²) in [5.41, 5.74) is 3.38. The molecule has 0 saturated carbocycles. The van der Waals surface area contributed by atoms with Gasteiger partial charge in [-0.05, 0) is 36.0 Å². The van der Waals surface area contributed by atoms with Crippen LogP contribution in [0.4, 0.5) is 5.69 Å². The minimum absolute atomic E-state index is 0.544. The maximum Gasteiger partial charge on any atom is 0.0366 e. The highest BCUT2D eigenvalue weighted by atomic mass is 15.1. The van der Waals surface area contributed by atoms with Crippen LogP contribution in [0.3, 0.4) is 0 Å². The second-order valence-corrected chi connectivity index (χ2v) is 6.90. The fraction of sp³-hybridized carbons (Fsp3) is 0.684. The largest absolute Gasteiger partial charge is 0.371 e. The maximum atomic E-state index is 3.47. The standard InChI is InChI=1S/C19H32N2/c1-5-19(6-2)11-13-21(14-12-19)18-9-7-17(8-10-18)15-20-16(3)4/h7-10,16,20H,5-6,11-15H2,1-4H3. The van der Waals surface area contributed by atoms with Gasteiger partial charge in [0.2, 0.25) is 0 Å². The van der Waals surface area contributed by atoms with E-state index in [1.54, 1.807) is 0 Å². The van der Waals surface area contributed by atoms with Gasteiger partial charge in [0.15, 0.2) is 0 Å². The Hall–Kier alpha value is -1.02. The summed E-state index contributed by atoms with van der Waals surface area (Å²) in [5.74, 6) is 0. The molecular formula is C19H32N2. The van der Waals surface area contributed by atoms with Gasteiger partial charge < -0.3 is 10.2 Å². The smallest absolute Gasteiger partial charge is 0.0366 e. The molecule has 2 nitrogen and oxygen atoms in total. The predicted molar refractivity (Wildman–Crippen MR) is 92.9 cm³/mol. The molecule has 1 N–H and O–H groups in total. The molecule has 0 amide bonds. The first-order valence-electron chi connectivity index (χ1n) is 8.66. The van der Waals surface area contributed by atoms with Crippen LogP contribution < -0.4 is 10.2 Å². The molecule has 1 saturated heterocycles. The molecule has 1 aliphatic rings. The molecule has 0 aliphatic carbocycles. The van der Waals surface area contributed by atoms with Crippen molar-refractivity contribution in [2.75, 3.05) is 18.0 Å². The fourth-order valence-corrected chi connectivity index (χ4v) is 3.34. The molecule has 2 heteroatoms. The number of hydrogen-bond acceptors (Lipinski definition) is 2. The van der Waals surface area contributed by atoms with Gasteiger partial charge in [0, 0.05) is 31.4 Å². The average molecular weight is 288 g/mol. The molecule has 0 atom stereocenters. The minimum atomic E-state index is 0.544. The van der Waals surface area contributed by atoms with E-state index in [1.165, 1.54) is 50.0 Å². The molecule has 2 rings (SSSR count). The van der Waals surface area contributed by atoms with Crippen molar-refractivity contribution >= 4 is 5.69 Å². The average Bonchev–Trinajstić information content (AvgIpc) is 2.53. The Kier molecular flexibility index (Phi) is 5.69. The van der Waals surface area contributed by atoms with Crippen LogP contribution >= 0.6 is 0 Å². The molecule has 1 fully saturated rings. The van der Waals surface area contributed by atoms with Crippen molar-refractivity contribution in [2.24, 2.45) is 5.41 Å². The molecule has 1 aliphatic heterocycles. The van der Waals surface area contributed by atoms with Gasteiger partial charge in [0.1, 0.15) is 0 Å². The fourth-order valence-electron chi connectivity index (χ4n) is 3.34. The van der Waals surface area contributed by atoms with E-state index in [2.05, 4.69) is 62.2 Å². The van der Waals surface area contributed by atoms with Crippen molar-refractivity contribution in [1.29, 1.82) is 0 Å². The van der Waals surface area contributed by atoms with E-state index >= 15 is 0 Å². The van der Waals surface area contributed by atoms with Crippen molar-refractivity contribution in [3.05, 3.63) is 29.8 Å². The van der Waals surface area contributed by atoms with Crippen LogP contribution in [-0.4, -0.2) is 19.1 Å². The minimum Gasteiger partial charge on any atom is -0.371 e. The van der Waals surface area contributed by atoms with E-state index in [4.69, 9.17) is 0 Å². The summed E-state index contributed by atoms with van der Waals surface area (Å²) < 4.78 is 0. The molecule has 1 aromatic carbocycles. The predicted octanol–water partition coefficient (Wildman–Crippen LogP) is 4.59. The molecule has 21 heavy (non-hydrogen) atoms. The summed E-state index contributed by atoms with van der Waals surface area (Å²) in [6, 6.07) is 9.67. The number of piperidine rings is 1. The lowest BCUT2D eigenvalue weighted by Gasteiger charge is -2.42. The lowest BCUT2D eigenvalue weighted by Crippen LogP contribution is -2.39. The zero-order valence-corrected chi connectivity index (χ0v) is 14.3. The SMILES string of the molecule is CCC1(CC)CCN(c2ccc(CNC(C)C)cc2)CC1. The van der Waals surface area contributed by atoms with Crippen molar-refractivity contribution in [3.63, 3.8) is 0 Å². The Morgan fingerprint density at radius 3 is 2.10 bits per heavy atom. The van der Waals surface area contributed by atoms with Crippen molar-refractivity contribution in [3.8, 4) is 0 Å². The lowest BCUT2D eigenvalue weighted by molar-refractivity contribution is 0.199. The third kappa shape index (κ3) is 4.23. The summed E-state index contributed by atoms with van der Waals surface area (Å²) in [5, 5.41) is 3.47. The molecule has 1 heterocycles. The number of anilines is 1. The highest BCUT2D eigenvalue weighted by Crippen LogP contribution is 2.39. The van der Waals surface area contributed by atoms with E-state index in [1.807, 2.05) is 0 Å². The van der Waals surface area contributed by atoms with Crippen LogP contribution in [0.5, 0.6) is 0 Å². The molecule has 0 aromatic heterocycles. The molecule has 0 spiro atoms. The van der Waals surface area contributed by atoms with Gasteiger partial charge in [0.05, 0.1) is 0 Å². The summed E-state index contributed by atoms with van der Waals surface area (Å²) in [7, 11) is 0. The Balaban J connectivity index is 1.92. The molecule has 1 aromatic rings. The van der Waals surface area contributed by atoms with Gasteiger partial charge in [-0.2, -0.15) is 0 Å². The highest BCUT2D eigenvalue weighted by molar-refractivity contribution is 5.48. The second kappa shape index (κ2) is 7.31. The highest BCUT2D eigenvalue weighted by Gasteiger charge is 2.31. The Labute approximate surface area is 130 Å². The number of benzene rings is 1. The summed E-state index contributed by atoms with van der Waals surface area (Å²) in [6.07, 6.45) is 5.35. The van der Waals surface area contributed by atoms with Gasteiger partial charge in [-0.25, -0.2) is 0 Å². The first-order valence-corrected chi connectivity index (χ1v) is 8.66. The zero-order valence-electron chi connectivity index (χ0n) is 14.3. The van der Waals surface area contributed by atoms with Crippen LogP contribution in [0.25, 0.3) is 0 Å². The number of hydrogen-bond donors (Lipinski definition) is 1. The van der Waals surface area contributed by atoms with Gasteiger partial charge in [-0.3, -0.25) is 0 Å². The molecule has 0 radical (unpaired) electrons. The van der Waals surface area contributed by atoms with Crippen LogP contribution in [0, 0.1) is 5.41 Å². The van der Waals surface area contributed by atoms with Crippen LogP contribution in [-0.2, 0) is 6.54 Å². The first kappa shape index (κ1) is 16.4. The van der Waals surface area contributed by atoms with E-state index in [9.17, 15) is 0 Å². The Morgan fingerprint density at radius 1 is 1.05 bits per heavy atom. The summed E-state index contributed by atoms with van der Waals surface area (Å²) >= 11 is 0. The number of rotatable bonds is 6. The van der Waals surface area contributed by atoms with E-state index in [0.717, 1.165) is 6.54 Å². The third-order valence-electron chi connectivity index (χ3n) is 5.34.